The molecule has 0 aliphatic carbocycles. The lowest BCUT2D eigenvalue weighted by molar-refractivity contribution is 0.190. The number of ether oxygens (including phenoxy) is 1. The number of hydrogen-bond acceptors (Lipinski definition) is 8. The SMILES string of the molecule is CC(C)[S+]([O-])c1ccc(-c2cnc(N)c(-c3cc(-c4ccc(CNC5CCOC5)cc4F)no3)n2)cc1. The van der Waals surface area contributed by atoms with E-state index in [4.69, 9.17) is 15.0 Å². The van der Waals surface area contributed by atoms with Crippen molar-refractivity contribution in [3.05, 3.63) is 66.1 Å². The van der Waals surface area contributed by atoms with Gasteiger partial charge in [-0.3, -0.25) is 0 Å². The molecule has 3 N–H and O–H groups in total. The zero-order valence-corrected chi connectivity index (χ0v) is 21.4. The standard InChI is InChI=1S/C27H28FN5O3S/c1-16(2)37(34)20-6-4-18(5-7-20)24-14-31-27(29)26(32-24)25-12-23(33-36-25)21-8-3-17(11-22(21)28)13-30-19-9-10-35-15-19/h3-8,11-12,14,16,19,30H,9-10,13,15H2,1-2H3,(H2,29,31). The van der Waals surface area contributed by atoms with Gasteiger partial charge < -0.3 is 24.9 Å². The zero-order valence-electron chi connectivity index (χ0n) is 20.6. The minimum absolute atomic E-state index is 0.0270. The molecule has 192 valence electrons. The molecule has 37 heavy (non-hydrogen) atoms. The van der Waals surface area contributed by atoms with E-state index >= 15 is 0 Å². The molecule has 1 saturated heterocycles. The molecule has 0 saturated carbocycles. The van der Waals surface area contributed by atoms with Crippen molar-refractivity contribution >= 4 is 17.0 Å². The van der Waals surface area contributed by atoms with Crippen LogP contribution in [-0.2, 0) is 22.5 Å². The van der Waals surface area contributed by atoms with Gasteiger partial charge in [0.25, 0.3) is 0 Å². The lowest BCUT2D eigenvalue weighted by Crippen LogP contribution is -2.28. The number of nitrogen functional groups attached to an aromatic ring is 1. The second-order valence-electron chi connectivity index (χ2n) is 9.19. The number of anilines is 1. The molecular formula is C27H28FN5O3S. The second-order valence-corrected chi connectivity index (χ2v) is 11.2. The first-order chi connectivity index (χ1) is 17.9. The third kappa shape index (κ3) is 5.67. The van der Waals surface area contributed by atoms with E-state index in [9.17, 15) is 8.94 Å². The Balaban J connectivity index is 1.35. The summed E-state index contributed by atoms with van der Waals surface area (Å²) in [4.78, 5) is 9.63. The van der Waals surface area contributed by atoms with E-state index in [2.05, 4.69) is 20.4 Å². The van der Waals surface area contributed by atoms with Crippen molar-refractivity contribution < 1.29 is 18.2 Å². The van der Waals surface area contributed by atoms with E-state index in [1.165, 1.54) is 6.07 Å². The van der Waals surface area contributed by atoms with Crippen LogP contribution in [-0.4, -0.2) is 44.2 Å². The highest BCUT2D eigenvalue weighted by atomic mass is 32.2. The fourth-order valence-electron chi connectivity index (χ4n) is 4.10. The summed E-state index contributed by atoms with van der Waals surface area (Å²) in [6.07, 6.45) is 2.52. The average molecular weight is 522 g/mol. The van der Waals surface area contributed by atoms with Crippen molar-refractivity contribution in [1.82, 2.24) is 20.4 Å². The van der Waals surface area contributed by atoms with Crippen molar-refractivity contribution in [1.29, 1.82) is 0 Å². The fraction of sp³-hybridized carbons (Fsp3) is 0.296. The Hall–Kier alpha value is -3.31. The van der Waals surface area contributed by atoms with Gasteiger partial charge in [0.1, 0.15) is 16.8 Å². The third-order valence-electron chi connectivity index (χ3n) is 6.19. The van der Waals surface area contributed by atoms with Crippen molar-refractivity contribution in [2.45, 2.75) is 43.0 Å². The number of nitrogens with two attached hydrogens (primary N) is 1. The molecular weight excluding hydrogens is 493 g/mol. The van der Waals surface area contributed by atoms with E-state index in [1.54, 1.807) is 18.3 Å². The minimum atomic E-state index is -1.08. The predicted molar refractivity (Wildman–Crippen MR) is 140 cm³/mol. The summed E-state index contributed by atoms with van der Waals surface area (Å²) in [6.45, 7) is 5.82. The van der Waals surface area contributed by atoms with Gasteiger partial charge in [0.2, 0.25) is 0 Å². The highest BCUT2D eigenvalue weighted by Gasteiger charge is 2.19. The Morgan fingerprint density at radius 3 is 2.68 bits per heavy atom. The van der Waals surface area contributed by atoms with Gasteiger partial charge in [-0.05, 0) is 73.4 Å². The molecule has 5 rings (SSSR count). The molecule has 0 amide bonds. The van der Waals surface area contributed by atoms with Crippen LogP contribution in [0.4, 0.5) is 10.2 Å². The molecule has 0 spiro atoms. The summed E-state index contributed by atoms with van der Waals surface area (Å²) in [7, 11) is 0. The first kappa shape index (κ1) is 25.3. The summed E-state index contributed by atoms with van der Waals surface area (Å²) in [6, 6.07) is 14.3. The van der Waals surface area contributed by atoms with Gasteiger partial charge in [0, 0.05) is 36.4 Å². The predicted octanol–water partition coefficient (Wildman–Crippen LogP) is 4.58. The summed E-state index contributed by atoms with van der Waals surface area (Å²) >= 11 is -1.08. The van der Waals surface area contributed by atoms with E-state index in [1.807, 2.05) is 44.2 Å². The largest absolute Gasteiger partial charge is 0.611 e. The minimum Gasteiger partial charge on any atom is -0.611 e. The number of benzene rings is 2. The molecule has 1 aliphatic heterocycles. The number of hydrogen-bond donors (Lipinski definition) is 2. The van der Waals surface area contributed by atoms with E-state index in [0.717, 1.165) is 29.1 Å². The van der Waals surface area contributed by atoms with E-state index < -0.39 is 17.0 Å². The van der Waals surface area contributed by atoms with Crippen LogP contribution in [0.15, 0.2) is 64.1 Å². The molecule has 0 bridgehead atoms. The molecule has 2 unspecified atom stereocenters. The number of rotatable bonds is 8. The Morgan fingerprint density at radius 2 is 1.97 bits per heavy atom. The Labute approximate surface area is 217 Å². The van der Waals surface area contributed by atoms with Crippen LogP contribution in [0.1, 0.15) is 25.8 Å². The number of aromatic nitrogens is 3. The molecule has 8 nitrogen and oxygen atoms in total. The molecule has 10 heteroatoms. The second kappa shape index (κ2) is 11.0. The average Bonchev–Trinajstić information content (AvgIpc) is 3.60. The van der Waals surface area contributed by atoms with Crippen LogP contribution in [0, 0.1) is 5.82 Å². The lowest BCUT2D eigenvalue weighted by Gasteiger charge is -2.14. The Kier molecular flexibility index (Phi) is 7.52. The van der Waals surface area contributed by atoms with Crippen LogP contribution in [0.25, 0.3) is 34.0 Å². The molecule has 0 radical (unpaired) electrons. The molecule has 1 fully saturated rings. The molecule has 2 aromatic carbocycles. The first-order valence-corrected chi connectivity index (χ1v) is 13.3. The fourth-order valence-corrected chi connectivity index (χ4v) is 5.05. The third-order valence-corrected chi connectivity index (χ3v) is 7.78. The number of nitrogens with one attached hydrogen (secondary N) is 1. The summed E-state index contributed by atoms with van der Waals surface area (Å²) < 4.78 is 38.1. The van der Waals surface area contributed by atoms with Crippen LogP contribution in [0.3, 0.4) is 0 Å². The quantitative estimate of drug-likeness (QED) is 0.323. The number of halogens is 1. The van der Waals surface area contributed by atoms with Crippen molar-refractivity contribution in [3.8, 4) is 34.0 Å². The van der Waals surface area contributed by atoms with Gasteiger partial charge in [-0.25, -0.2) is 14.4 Å². The lowest BCUT2D eigenvalue weighted by atomic mass is 10.1. The topological polar surface area (TPSA) is 122 Å². The summed E-state index contributed by atoms with van der Waals surface area (Å²) in [5.41, 5.74) is 9.25. The van der Waals surface area contributed by atoms with Crippen molar-refractivity contribution in [2.24, 2.45) is 0 Å². The van der Waals surface area contributed by atoms with Gasteiger partial charge in [0.15, 0.2) is 22.2 Å². The summed E-state index contributed by atoms with van der Waals surface area (Å²) in [5.74, 6) is 0.0565. The molecule has 2 atom stereocenters. The normalized spacial score (nSPS) is 16.4. The van der Waals surface area contributed by atoms with Crippen molar-refractivity contribution in [3.63, 3.8) is 0 Å². The highest BCUT2D eigenvalue weighted by molar-refractivity contribution is 7.92. The molecule has 4 aromatic rings. The smallest absolute Gasteiger partial charge is 0.189 e. The Bertz CT molecular complexity index is 1370. The van der Waals surface area contributed by atoms with Crippen LogP contribution in [0.5, 0.6) is 0 Å². The van der Waals surface area contributed by atoms with E-state index in [-0.39, 0.29) is 16.8 Å². The maximum Gasteiger partial charge on any atom is 0.189 e. The van der Waals surface area contributed by atoms with E-state index in [0.29, 0.717) is 41.8 Å². The highest BCUT2D eigenvalue weighted by Crippen LogP contribution is 2.31. The Morgan fingerprint density at radius 1 is 1.16 bits per heavy atom. The monoisotopic (exact) mass is 521 g/mol. The van der Waals surface area contributed by atoms with Gasteiger partial charge in [-0.1, -0.05) is 11.2 Å². The summed E-state index contributed by atoms with van der Waals surface area (Å²) in [5, 5.41) is 7.45. The van der Waals surface area contributed by atoms with Gasteiger partial charge >= 0.3 is 0 Å². The molecule has 1 aliphatic rings. The zero-order chi connectivity index (χ0) is 25.9. The maximum absolute atomic E-state index is 14.9. The molecule has 2 aromatic heterocycles. The number of nitrogens with zero attached hydrogens (tertiary/aromatic N) is 3. The van der Waals surface area contributed by atoms with Crippen molar-refractivity contribution in [2.75, 3.05) is 18.9 Å². The maximum atomic E-state index is 14.9. The first-order valence-electron chi connectivity index (χ1n) is 12.1. The van der Waals surface area contributed by atoms with Gasteiger partial charge in [0.05, 0.1) is 18.5 Å². The van der Waals surface area contributed by atoms with Gasteiger partial charge in [-0.2, -0.15) is 0 Å². The van der Waals surface area contributed by atoms with Crippen LogP contribution < -0.4 is 11.1 Å². The molecule has 3 heterocycles. The van der Waals surface area contributed by atoms with Crippen LogP contribution in [0.2, 0.25) is 0 Å². The van der Waals surface area contributed by atoms with Crippen LogP contribution >= 0.6 is 0 Å². The van der Waals surface area contributed by atoms with Gasteiger partial charge in [-0.15, -0.1) is 0 Å².